The summed E-state index contributed by atoms with van der Waals surface area (Å²) in [5, 5.41) is 2.38. The van der Waals surface area contributed by atoms with Gasteiger partial charge in [-0.2, -0.15) is 0 Å². The first-order valence-corrected chi connectivity index (χ1v) is 50.0. The van der Waals surface area contributed by atoms with E-state index in [1.165, 1.54) is 69.0 Å². The first kappa shape index (κ1) is 123. The zero-order chi connectivity index (χ0) is 98.5. The normalized spacial score (nSPS) is 15.7. The predicted molar refractivity (Wildman–Crippen MR) is 566 cm³/mol. The minimum Gasteiger partial charge on any atom is -0.491 e. The van der Waals surface area contributed by atoms with Crippen LogP contribution in [0.1, 0.15) is 220 Å². The Hall–Kier alpha value is -10.0. The Bertz CT molecular complexity index is 3870. The van der Waals surface area contributed by atoms with Gasteiger partial charge in [-0.25, -0.2) is 0 Å². The van der Waals surface area contributed by atoms with Crippen molar-refractivity contribution in [3.63, 3.8) is 0 Å². The Balaban J connectivity index is 0.00000143. The summed E-state index contributed by atoms with van der Waals surface area (Å²) in [5.74, 6) is 7.31. The van der Waals surface area contributed by atoms with Crippen LogP contribution in [-0.2, 0) is 58.8 Å². The van der Waals surface area contributed by atoms with Gasteiger partial charge in [0.25, 0.3) is 0 Å². The highest BCUT2D eigenvalue weighted by molar-refractivity contribution is 5.88. The SMILES string of the molecule is CC.CC.CC.CC.CC.CC.CC(C)C.CCC.CCC.CCC.CCc1ccc(-c2ccc(CC)cc2)cc1.CCc1ccc(CC)cc1.Cc1ccc(OCC2CO2)cc1.c1ccc(OCC2CO2)cc1.c1ccc(OCC2CO2)cc1.c1ccc(OCC2CO2)cc1.c1ccc(OCC2CO2)cc1.c1ccc(OCC2CO2)cc1.c1ccc2c(OCC3CO3)cccc2c1. The number of benzene rings is 11. The van der Waals surface area contributed by atoms with Gasteiger partial charge >= 0.3 is 0 Å². The highest BCUT2D eigenvalue weighted by Crippen LogP contribution is 2.28. The first-order chi connectivity index (χ1) is 65.2. The molecule has 0 bridgehead atoms. The fourth-order valence-electron chi connectivity index (χ4n) is 9.88. The van der Waals surface area contributed by atoms with E-state index in [9.17, 15) is 0 Å². The third-order valence-corrected chi connectivity index (χ3v) is 17.2. The topological polar surface area (TPSA) is 152 Å². The van der Waals surface area contributed by atoms with Gasteiger partial charge in [-0.1, -0.05) is 410 Å². The number of epoxide rings is 7. The van der Waals surface area contributed by atoms with Crippen molar-refractivity contribution >= 4 is 10.8 Å². The molecule has 133 heavy (non-hydrogen) atoms. The molecule has 0 aromatic heterocycles. The summed E-state index contributed by atoms with van der Waals surface area (Å²) in [6.45, 7) is 64.8. The van der Waals surface area contributed by atoms with Gasteiger partial charge in [-0.3, -0.25) is 0 Å². The molecular formula is C119H176O14. The lowest BCUT2D eigenvalue weighted by Gasteiger charge is -2.07. The van der Waals surface area contributed by atoms with Crippen LogP contribution >= 0.6 is 0 Å². The van der Waals surface area contributed by atoms with E-state index >= 15 is 0 Å². The van der Waals surface area contributed by atoms with E-state index in [-0.39, 0.29) is 0 Å². The zero-order valence-electron chi connectivity index (χ0n) is 86.9. The van der Waals surface area contributed by atoms with E-state index in [0.29, 0.717) is 89.0 Å². The Morgan fingerprint density at radius 2 is 0.406 bits per heavy atom. The summed E-state index contributed by atoms with van der Waals surface area (Å²) in [7, 11) is 0. The van der Waals surface area contributed by atoms with Crippen LogP contribution in [0, 0.1) is 12.8 Å². The molecule has 7 fully saturated rings. The molecule has 0 aliphatic carbocycles. The van der Waals surface area contributed by atoms with Crippen LogP contribution in [0.2, 0.25) is 0 Å². The maximum Gasteiger partial charge on any atom is 0.127 e. The second kappa shape index (κ2) is 85.0. The van der Waals surface area contributed by atoms with E-state index < -0.39 is 0 Å². The van der Waals surface area contributed by atoms with Crippen molar-refractivity contribution in [3.8, 4) is 51.4 Å². The molecule has 0 spiro atoms. The number of rotatable bonds is 26. The molecule has 0 amide bonds. The average Bonchev–Trinajstić information content (AvgIpc) is 1.68. The highest BCUT2D eigenvalue weighted by atomic mass is 16.6. The molecule has 14 nitrogen and oxygen atoms in total. The molecule has 14 heteroatoms. The quantitative estimate of drug-likeness (QED) is 0.0473. The van der Waals surface area contributed by atoms with Crippen LogP contribution in [0.25, 0.3) is 21.9 Å². The summed E-state index contributed by atoms with van der Waals surface area (Å²) < 4.78 is 73.4. The number of para-hydroxylation sites is 5. The van der Waals surface area contributed by atoms with E-state index in [1.54, 1.807) is 0 Å². The highest BCUT2D eigenvalue weighted by Gasteiger charge is 2.27. The molecule has 7 aliphatic rings. The Morgan fingerprint density at radius 1 is 0.226 bits per heavy atom. The van der Waals surface area contributed by atoms with Gasteiger partial charge < -0.3 is 66.3 Å². The van der Waals surface area contributed by atoms with E-state index in [4.69, 9.17) is 66.3 Å². The van der Waals surface area contributed by atoms with Crippen molar-refractivity contribution < 1.29 is 66.3 Å². The standard InChI is InChI=1S/C16H18.C13H12O2.C10H12O2.C10H14.5C9H10O2.C4H10.3C3H8.6C2H6/c1-3-13-5-9-15(10-6-13)16-11-7-14(4-2)8-12-16;1-2-6-12-10(4-1)5-3-7-13(12)15-9-11-8-14-11;1-8-2-4-9(5-3-8)11-6-10-7-12-10;1-3-9-5-7-10(4-2)8-6-9;5*1-2-4-8(5-3-1)10-6-9-7-11-9;1-4(2)3;3*1-3-2;6*1-2/h5-12H,3-4H2,1-2H3;1-7,11H,8-9H2;2-5,10H,6-7H2,1H3;5-8H,3-4H2,1-2H3;5*1-5,9H,6-7H2;4H,1-3H3;3*3H2,1-2H3;6*1-2H3. The lowest BCUT2D eigenvalue weighted by Crippen LogP contribution is -2.04. The van der Waals surface area contributed by atoms with Crippen LogP contribution in [0.3, 0.4) is 0 Å². The van der Waals surface area contributed by atoms with E-state index in [0.717, 1.165) is 118 Å². The maximum atomic E-state index is 5.72. The van der Waals surface area contributed by atoms with Gasteiger partial charge in [0.15, 0.2) is 0 Å². The molecule has 11 aromatic rings. The summed E-state index contributed by atoms with van der Waals surface area (Å²) in [6.07, 6.45) is 10.6. The molecule has 0 saturated carbocycles. The van der Waals surface area contributed by atoms with E-state index in [2.05, 4.69) is 188 Å². The Morgan fingerprint density at radius 3 is 0.617 bits per heavy atom. The molecule has 7 saturated heterocycles. The Labute approximate surface area is 808 Å². The smallest absolute Gasteiger partial charge is 0.127 e. The van der Waals surface area contributed by atoms with Crippen LogP contribution in [-0.4, -0.2) is 135 Å². The fraction of sp³-hybridized carbons (Fsp3) is 0.462. The number of hydrogen-bond donors (Lipinski definition) is 0. The minimum absolute atomic E-state index is 0.309. The van der Waals surface area contributed by atoms with Crippen molar-refractivity contribution in [3.05, 3.63) is 319 Å². The van der Waals surface area contributed by atoms with Gasteiger partial charge in [0.05, 0.1) is 46.2 Å². The summed E-state index contributed by atoms with van der Waals surface area (Å²) in [4.78, 5) is 0. The average molecular weight is 1830 g/mol. The lowest BCUT2D eigenvalue weighted by atomic mass is 10.0. The van der Waals surface area contributed by atoms with Crippen LogP contribution < -0.4 is 33.2 Å². The molecule has 7 atom stereocenters. The molecule has 7 aliphatic heterocycles. The van der Waals surface area contributed by atoms with Crippen molar-refractivity contribution in [1.29, 1.82) is 0 Å². The lowest BCUT2D eigenvalue weighted by molar-refractivity contribution is 0.263. The molecule has 7 unspecified atom stereocenters. The molecule has 7 heterocycles. The third kappa shape index (κ3) is 69.5. The third-order valence-electron chi connectivity index (χ3n) is 17.2. The van der Waals surface area contributed by atoms with Crippen molar-refractivity contribution in [1.82, 2.24) is 0 Å². The molecule has 11 aromatic carbocycles. The van der Waals surface area contributed by atoms with Gasteiger partial charge in [0, 0.05) is 5.39 Å². The first-order valence-electron chi connectivity index (χ1n) is 50.0. The number of aryl methyl sites for hydroxylation is 5. The van der Waals surface area contributed by atoms with Gasteiger partial charge in [-0.15, -0.1) is 0 Å². The maximum absolute atomic E-state index is 5.72. The van der Waals surface area contributed by atoms with Gasteiger partial charge in [0.1, 0.15) is 129 Å². The molecule has 0 N–H and O–H groups in total. The molecule has 0 radical (unpaired) electrons. The fourth-order valence-corrected chi connectivity index (χ4v) is 9.88. The summed E-state index contributed by atoms with van der Waals surface area (Å²) >= 11 is 0. The molecule has 18 rings (SSSR count). The van der Waals surface area contributed by atoms with Gasteiger partial charge in [0.2, 0.25) is 0 Å². The summed E-state index contributed by atoms with van der Waals surface area (Å²) in [6, 6.07) is 97.9. The second-order valence-corrected chi connectivity index (χ2v) is 30.2. The monoisotopic (exact) mass is 1830 g/mol. The largest absolute Gasteiger partial charge is 0.491 e. The minimum atomic E-state index is 0.309. The van der Waals surface area contributed by atoms with E-state index in [1.807, 2.05) is 283 Å². The van der Waals surface area contributed by atoms with Crippen molar-refractivity contribution in [2.24, 2.45) is 5.92 Å². The summed E-state index contributed by atoms with van der Waals surface area (Å²) in [5.41, 5.74) is 9.52. The number of ether oxygens (including phenoxy) is 14. The second-order valence-electron chi connectivity index (χ2n) is 30.2. The van der Waals surface area contributed by atoms with Crippen LogP contribution in [0.4, 0.5) is 0 Å². The number of fused-ring (bicyclic) bond motifs is 1. The van der Waals surface area contributed by atoms with Crippen LogP contribution in [0.15, 0.2) is 291 Å². The molecular weight excluding hydrogens is 1650 g/mol. The van der Waals surface area contributed by atoms with Gasteiger partial charge in [-0.05, 0) is 156 Å². The molecule has 736 valence electrons. The zero-order valence-corrected chi connectivity index (χ0v) is 86.9. The van der Waals surface area contributed by atoms with Crippen molar-refractivity contribution in [2.45, 2.75) is 268 Å². The Kier molecular flexibility index (Phi) is 78.6. The van der Waals surface area contributed by atoms with Crippen molar-refractivity contribution in [2.75, 3.05) is 92.5 Å². The van der Waals surface area contributed by atoms with Crippen LogP contribution in [0.5, 0.6) is 40.2 Å². The predicted octanol–water partition coefficient (Wildman–Crippen LogP) is 31.1. The number of hydrogen-bond acceptors (Lipinski definition) is 14.